The number of hydrogen-bond donors (Lipinski definition) is 1. The molecule has 1 rings (SSSR count). The number of hydrogen-bond acceptors (Lipinski definition) is 3. The van der Waals surface area contributed by atoms with Crippen LogP contribution < -0.4 is 0 Å². The van der Waals surface area contributed by atoms with Crippen LogP contribution in [0.5, 0.6) is 0 Å². The van der Waals surface area contributed by atoms with Gasteiger partial charge in [-0.15, -0.1) is 0 Å². The van der Waals surface area contributed by atoms with E-state index in [0.717, 1.165) is 0 Å². The van der Waals surface area contributed by atoms with E-state index in [2.05, 4.69) is 0 Å². The van der Waals surface area contributed by atoms with Gasteiger partial charge in [-0.25, -0.2) is 4.67 Å². The van der Waals surface area contributed by atoms with Crippen LogP contribution in [0.25, 0.3) is 0 Å². The summed E-state index contributed by atoms with van der Waals surface area (Å²) in [5.74, 6) is -0.789. The number of aliphatic hydroxyl groups is 1. The molecular weight excluding hydrogens is 153 g/mol. The lowest BCUT2D eigenvalue weighted by Gasteiger charge is -2.20. The first kappa shape index (κ1) is 8.21. The Morgan fingerprint density at radius 1 is 1.70 bits per heavy atom. The third kappa shape index (κ3) is 1.12. The van der Waals surface area contributed by atoms with Crippen molar-refractivity contribution in [2.75, 3.05) is 20.7 Å². The number of aliphatic hydroxyl groups excluding tert-OH is 1. The Morgan fingerprint density at radius 3 is 2.50 bits per heavy atom. The molecule has 5 heteroatoms. The maximum atomic E-state index is 11.5. The quantitative estimate of drug-likeness (QED) is 0.574. The third-order valence-corrected chi connectivity index (χ3v) is 4.27. The van der Waals surface area contributed by atoms with E-state index in [1.165, 1.54) is 4.67 Å². The number of nitrogens with zero attached hydrogens (tertiary/aromatic N) is 1. The summed E-state index contributed by atoms with van der Waals surface area (Å²) in [6.07, 6.45) is 0.482. The molecule has 2 unspecified atom stereocenters. The second-order valence-corrected chi connectivity index (χ2v) is 5.30. The molecule has 0 bridgehead atoms. The van der Waals surface area contributed by atoms with E-state index in [0.29, 0.717) is 13.0 Å². The average Bonchev–Trinajstić information content (AvgIpc) is 2.15. The van der Waals surface area contributed by atoms with E-state index < -0.39 is 13.4 Å². The van der Waals surface area contributed by atoms with Gasteiger partial charge < -0.3 is 9.63 Å². The molecule has 0 radical (unpaired) electrons. The molecule has 10 heavy (non-hydrogen) atoms. The molecule has 0 aliphatic carbocycles. The molecule has 2 atom stereocenters. The molecule has 0 aromatic rings. The Hall–Kier alpha value is 0.110. The van der Waals surface area contributed by atoms with Gasteiger partial charge in [0, 0.05) is 6.42 Å². The van der Waals surface area contributed by atoms with Crippen LogP contribution in [0.4, 0.5) is 0 Å². The molecule has 1 heterocycles. The van der Waals surface area contributed by atoms with Crippen LogP contribution in [-0.2, 0) is 9.09 Å². The monoisotopic (exact) mass is 165 g/mol. The van der Waals surface area contributed by atoms with Crippen LogP contribution >= 0.6 is 7.52 Å². The third-order valence-electron chi connectivity index (χ3n) is 1.59. The van der Waals surface area contributed by atoms with E-state index in [9.17, 15) is 9.67 Å². The predicted molar refractivity (Wildman–Crippen MR) is 37.9 cm³/mol. The second-order valence-electron chi connectivity index (χ2n) is 2.51. The van der Waals surface area contributed by atoms with Gasteiger partial charge in [-0.2, -0.15) is 0 Å². The van der Waals surface area contributed by atoms with Crippen LogP contribution in [-0.4, -0.2) is 36.3 Å². The fourth-order valence-electron chi connectivity index (χ4n) is 0.920. The minimum atomic E-state index is -2.84. The highest BCUT2D eigenvalue weighted by Crippen LogP contribution is 2.57. The van der Waals surface area contributed by atoms with E-state index in [4.69, 9.17) is 4.52 Å². The van der Waals surface area contributed by atoms with Crippen molar-refractivity contribution in [2.24, 2.45) is 0 Å². The van der Waals surface area contributed by atoms with Crippen molar-refractivity contribution in [1.29, 1.82) is 0 Å². The normalized spacial score (nSPS) is 41.0. The van der Waals surface area contributed by atoms with Crippen LogP contribution in [0.15, 0.2) is 0 Å². The molecule has 1 aliphatic heterocycles. The van der Waals surface area contributed by atoms with Gasteiger partial charge in [0.05, 0.1) is 6.61 Å². The van der Waals surface area contributed by atoms with Crippen molar-refractivity contribution in [3.63, 3.8) is 0 Å². The lowest BCUT2D eigenvalue weighted by Crippen LogP contribution is -2.15. The lowest BCUT2D eigenvalue weighted by atomic mass is 10.5. The van der Waals surface area contributed by atoms with Crippen molar-refractivity contribution >= 4 is 7.52 Å². The summed E-state index contributed by atoms with van der Waals surface area (Å²) in [6, 6.07) is 0. The average molecular weight is 165 g/mol. The molecule has 0 saturated carbocycles. The molecule has 4 nitrogen and oxygen atoms in total. The topological polar surface area (TPSA) is 49.8 Å². The highest BCUT2D eigenvalue weighted by molar-refractivity contribution is 7.57. The van der Waals surface area contributed by atoms with Crippen LogP contribution in [0.2, 0.25) is 0 Å². The molecule has 60 valence electrons. The van der Waals surface area contributed by atoms with Gasteiger partial charge in [0.2, 0.25) is 0 Å². The van der Waals surface area contributed by atoms with Crippen LogP contribution in [0.1, 0.15) is 6.42 Å². The maximum Gasteiger partial charge on any atom is 0.299 e. The summed E-state index contributed by atoms with van der Waals surface area (Å²) in [4.78, 5) is 0. The molecule has 0 amide bonds. The Balaban J connectivity index is 2.76. The predicted octanol–water partition coefficient (Wildman–Crippen LogP) is 0.480. The zero-order valence-electron chi connectivity index (χ0n) is 6.15. The van der Waals surface area contributed by atoms with Gasteiger partial charge in [-0.05, 0) is 14.1 Å². The van der Waals surface area contributed by atoms with Crippen molar-refractivity contribution in [3.05, 3.63) is 0 Å². The summed E-state index contributed by atoms with van der Waals surface area (Å²) >= 11 is 0. The van der Waals surface area contributed by atoms with Gasteiger partial charge in [0.25, 0.3) is 7.52 Å². The standard InChI is InChI=1S/C5H12NO3P/c1-6(2)10(8)5(7)3-4-9-10/h5,7H,3-4H2,1-2H3. The fraction of sp³-hybridized carbons (Fsp3) is 1.00. The fourth-order valence-corrected chi connectivity index (χ4v) is 2.66. The highest BCUT2D eigenvalue weighted by Gasteiger charge is 2.40. The van der Waals surface area contributed by atoms with Gasteiger partial charge >= 0.3 is 0 Å². The van der Waals surface area contributed by atoms with Crippen LogP contribution in [0, 0.1) is 0 Å². The molecule has 0 aromatic carbocycles. The first-order valence-corrected chi connectivity index (χ1v) is 4.82. The SMILES string of the molecule is CN(C)P1(=O)OCCC1O. The summed E-state index contributed by atoms with van der Waals surface area (Å²) in [5, 5.41) is 9.19. The molecule has 1 fully saturated rings. The highest BCUT2D eigenvalue weighted by atomic mass is 31.2. The van der Waals surface area contributed by atoms with E-state index >= 15 is 0 Å². The van der Waals surface area contributed by atoms with E-state index in [1.54, 1.807) is 14.1 Å². The Morgan fingerprint density at radius 2 is 2.30 bits per heavy atom. The Labute approximate surface area is 60.3 Å². The van der Waals surface area contributed by atoms with E-state index in [-0.39, 0.29) is 0 Å². The van der Waals surface area contributed by atoms with Gasteiger partial charge in [0.15, 0.2) is 0 Å². The van der Waals surface area contributed by atoms with Crippen molar-refractivity contribution < 1.29 is 14.2 Å². The summed E-state index contributed by atoms with van der Waals surface area (Å²) in [5.41, 5.74) is 0. The zero-order valence-corrected chi connectivity index (χ0v) is 7.04. The van der Waals surface area contributed by atoms with Gasteiger partial charge in [-0.1, -0.05) is 0 Å². The Kier molecular flexibility index (Phi) is 2.15. The number of rotatable bonds is 1. The first-order valence-electron chi connectivity index (χ1n) is 3.17. The largest absolute Gasteiger partial charge is 0.381 e. The first-order chi connectivity index (χ1) is 4.57. The van der Waals surface area contributed by atoms with Crippen molar-refractivity contribution in [2.45, 2.75) is 12.3 Å². The molecule has 1 aliphatic rings. The summed E-state index contributed by atoms with van der Waals surface area (Å²) < 4.78 is 17.9. The second kappa shape index (κ2) is 2.62. The zero-order chi connectivity index (χ0) is 7.78. The van der Waals surface area contributed by atoms with Crippen molar-refractivity contribution in [3.8, 4) is 0 Å². The lowest BCUT2D eigenvalue weighted by molar-refractivity contribution is 0.242. The van der Waals surface area contributed by atoms with E-state index in [1.807, 2.05) is 0 Å². The smallest absolute Gasteiger partial charge is 0.299 e. The van der Waals surface area contributed by atoms with Gasteiger partial charge in [0.1, 0.15) is 5.85 Å². The van der Waals surface area contributed by atoms with Crippen molar-refractivity contribution in [1.82, 2.24) is 4.67 Å². The summed E-state index contributed by atoms with van der Waals surface area (Å²) in [7, 11) is 0.452. The molecule has 0 spiro atoms. The van der Waals surface area contributed by atoms with Crippen LogP contribution in [0.3, 0.4) is 0 Å². The maximum absolute atomic E-state index is 11.5. The minimum Gasteiger partial charge on any atom is -0.381 e. The molecular formula is C5H12NO3P. The molecule has 1 saturated heterocycles. The molecule has 1 N–H and O–H groups in total. The minimum absolute atomic E-state index is 0.399. The van der Waals surface area contributed by atoms with Gasteiger partial charge in [-0.3, -0.25) is 4.57 Å². The Bertz CT molecular complexity index is 170. The summed E-state index contributed by atoms with van der Waals surface area (Å²) in [6.45, 7) is 0.399. The molecule has 0 aromatic heterocycles.